The third-order valence-corrected chi connectivity index (χ3v) is 3.22. The van der Waals surface area contributed by atoms with Gasteiger partial charge in [-0.05, 0) is 35.9 Å². The Bertz CT molecular complexity index is 697. The highest BCUT2D eigenvalue weighted by molar-refractivity contribution is 9.10. The van der Waals surface area contributed by atoms with Crippen LogP contribution < -0.4 is 10.6 Å². The van der Waals surface area contributed by atoms with Gasteiger partial charge in [0.2, 0.25) is 0 Å². The van der Waals surface area contributed by atoms with Crippen LogP contribution in [0, 0.1) is 10.1 Å². The van der Waals surface area contributed by atoms with Crippen LogP contribution in [0.3, 0.4) is 0 Å². The van der Waals surface area contributed by atoms with Crippen LogP contribution in [0.15, 0.2) is 59.2 Å². The molecule has 0 aliphatic carbocycles. The predicted octanol–water partition coefficient (Wildman–Crippen LogP) is 4.15. The van der Waals surface area contributed by atoms with E-state index in [0.717, 1.165) is 10.0 Å². The smallest absolute Gasteiger partial charge is 0.314 e. The molecule has 6 nitrogen and oxygen atoms in total. The summed E-state index contributed by atoms with van der Waals surface area (Å²) in [4.78, 5) is 21.7. The van der Waals surface area contributed by atoms with E-state index in [1.807, 2.05) is 24.3 Å². The van der Waals surface area contributed by atoms with Gasteiger partial charge in [0, 0.05) is 28.5 Å². The molecule has 0 saturated heterocycles. The molecule has 0 spiro atoms. The summed E-state index contributed by atoms with van der Waals surface area (Å²) in [6, 6.07) is 12.8. The van der Waals surface area contributed by atoms with Gasteiger partial charge in [-0.3, -0.25) is 10.1 Å². The van der Waals surface area contributed by atoms with Crippen LogP contribution >= 0.6 is 15.9 Å². The van der Waals surface area contributed by atoms with Crippen molar-refractivity contribution in [1.29, 1.82) is 0 Å². The van der Waals surface area contributed by atoms with E-state index in [0.29, 0.717) is 5.69 Å². The fraction of sp³-hybridized carbons (Fsp3) is 0. The molecule has 0 bridgehead atoms. The molecule has 0 aliphatic rings. The minimum atomic E-state index is -0.495. The first kappa shape index (κ1) is 15.7. The fourth-order valence-corrected chi connectivity index (χ4v) is 1.89. The molecule has 2 N–H and O–H groups in total. The molecule has 7 heteroatoms. The third kappa shape index (κ3) is 4.71. The van der Waals surface area contributed by atoms with Crippen molar-refractivity contribution in [3.8, 4) is 0 Å². The second-order valence-corrected chi connectivity index (χ2v) is 5.20. The summed E-state index contributed by atoms with van der Waals surface area (Å²) >= 11 is 3.34. The Morgan fingerprint density at radius 3 is 2.32 bits per heavy atom. The van der Waals surface area contributed by atoms with Crippen LogP contribution in [0.2, 0.25) is 0 Å². The summed E-state index contributed by atoms with van der Waals surface area (Å²) in [5.74, 6) is 0. The van der Waals surface area contributed by atoms with E-state index in [-0.39, 0.29) is 5.69 Å². The van der Waals surface area contributed by atoms with E-state index in [2.05, 4.69) is 26.6 Å². The lowest BCUT2D eigenvalue weighted by Crippen LogP contribution is -2.23. The lowest BCUT2D eigenvalue weighted by molar-refractivity contribution is -0.384. The Hall–Kier alpha value is -2.67. The molecule has 0 heterocycles. The van der Waals surface area contributed by atoms with E-state index in [1.54, 1.807) is 6.08 Å². The molecule has 2 aromatic carbocycles. The van der Waals surface area contributed by atoms with E-state index in [4.69, 9.17) is 0 Å². The van der Waals surface area contributed by atoms with Gasteiger partial charge in [-0.1, -0.05) is 28.1 Å². The quantitative estimate of drug-likeness (QED) is 0.633. The Morgan fingerprint density at radius 1 is 1.09 bits per heavy atom. The molecular weight excluding hydrogens is 350 g/mol. The maximum Gasteiger partial charge on any atom is 0.323 e. The monoisotopic (exact) mass is 361 g/mol. The first-order chi connectivity index (χ1) is 10.5. The zero-order valence-electron chi connectivity index (χ0n) is 11.3. The molecule has 22 heavy (non-hydrogen) atoms. The van der Waals surface area contributed by atoms with Gasteiger partial charge in [0.1, 0.15) is 0 Å². The van der Waals surface area contributed by atoms with Crippen LogP contribution in [0.25, 0.3) is 6.08 Å². The molecule has 2 aromatic rings. The highest BCUT2D eigenvalue weighted by atomic mass is 79.9. The van der Waals surface area contributed by atoms with Crippen molar-refractivity contribution in [2.24, 2.45) is 0 Å². The molecular formula is C15H12BrN3O3. The van der Waals surface area contributed by atoms with Crippen LogP contribution in [0.5, 0.6) is 0 Å². The van der Waals surface area contributed by atoms with Crippen LogP contribution in [0.4, 0.5) is 16.2 Å². The molecule has 0 aromatic heterocycles. The van der Waals surface area contributed by atoms with E-state index in [1.165, 1.54) is 30.5 Å². The number of nitrogens with one attached hydrogen (secondary N) is 2. The standard InChI is InChI=1S/C15H12BrN3O3/c16-12-3-1-11(2-4-12)9-10-17-15(20)18-13-5-7-14(8-6-13)19(21)22/h1-10H,(H2,17,18,20)/b10-9+. The van der Waals surface area contributed by atoms with Crippen molar-refractivity contribution in [1.82, 2.24) is 5.32 Å². The number of rotatable bonds is 4. The number of halogens is 1. The Kier molecular flexibility index (Phi) is 5.26. The Morgan fingerprint density at radius 2 is 1.73 bits per heavy atom. The summed E-state index contributed by atoms with van der Waals surface area (Å²) in [7, 11) is 0. The van der Waals surface area contributed by atoms with Gasteiger partial charge in [-0.2, -0.15) is 0 Å². The third-order valence-electron chi connectivity index (χ3n) is 2.70. The Balaban J connectivity index is 1.87. The van der Waals surface area contributed by atoms with Gasteiger partial charge in [0.25, 0.3) is 5.69 Å². The van der Waals surface area contributed by atoms with Crippen LogP contribution in [0.1, 0.15) is 5.56 Å². The number of nitro groups is 1. The normalized spacial score (nSPS) is 10.4. The first-order valence-corrected chi connectivity index (χ1v) is 7.08. The number of nitrogens with zero attached hydrogens (tertiary/aromatic N) is 1. The van der Waals surface area contributed by atoms with Crippen molar-refractivity contribution >= 4 is 39.4 Å². The van der Waals surface area contributed by atoms with Gasteiger partial charge >= 0.3 is 6.03 Å². The van der Waals surface area contributed by atoms with Crippen molar-refractivity contribution in [3.63, 3.8) is 0 Å². The first-order valence-electron chi connectivity index (χ1n) is 6.29. The second-order valence-electron chi connectivity index (χ2n) is 4.29. The minimum absolute atomic E-state index is 0.0268. The van der Waals surface area contributed by atoms with E-state index >= 15 is 0 Å². The number of carbonyl (C=O) groups excluding carboxylic acids is 1. The second kappa shape index (κ2) is 7.37. The average molecular weight is 362 g/mol. The number of amides is 2. The van der Waals surface area contributed by atoms with Crippen molar-refractivity contribution in [2.75, 3.05) is 5.32 Å². The van der Waals surface area contributed by atoms with E-state index < -0.39 is 11.0 Å². The highest BCUT2D eigenvalue weighted by Crippen LogP contribution is 2.15. The Labute approximate surface area is 135 Å². The number of benzene rings is 2. The van der Waals surface area contributed by atoms with Crippen molar-refractivity contribution in [3.05, 3.63) is 74.9 Å². The number of carbonyl (C=O) groups is 1. The SMILES string of the molecule is O=C(N/C=C/c1ccc(Br)cc1)Nc1ccc([N+](=O)[O-])cc1. The average Bonchev–Trinajstić information content (AvgIpc) is 2.50. The molecule has 0 saturated carbocycles. The summed E-state index contributed by atoms with van der Waals surface area (Å²) in [5.41, 5.74) is 1.39. The molecule has 0 unspecified atom stereocenters. The molecule has 0 aliphatic heterocycles. The molecule has 0 radical (unpaired) electrons. The molecule has 2 amide bonds. The zero-order chi connectivity index (χ0) is 15.9. The number of nitro benzene ring substituents is 1. The van der Waals surface area contributed by atoms with Crippen molar-refractivity contribution in [2.45, 2.75) is 0 Å². The zero-order valence-corrected chi connectivity index (χ0v) is 12.9. The van der Waals surface area contributed by atoms with Crippen LogP contribution in [-0.4, -0.2) is 11.0 Å². The lowest BCUT2D eigenvalue weighted by Gasteiger charge is -2.04. The van der Waals surface area contributed by atoms with Gasteiger partial charge in [-0.25, -0.2) is 4.79 Å². The fourth-order valence-electron chi connectivity index (χ4n) is 1.62. The molecule has 2 rings (SSSR count). The van der Waals surface area contributed by atoms with Gasteiger partial charge in [0.05, 0.1) is 4.92 Å². The summed E-state index contributed by atoms with van der Waals surface area (Å²) in [6.07, 6.45) is 3.27. The summed E-state index contributed by atoms with van der Waals surface area (Å²) in [5, 5.41) is 15.7. The maximum absolute atomic E-state index is 11.7. The van der Waals surface area contributed by atoms with Crippen LogP contribution in [-0.2, 0) is 0 Å². The van der Waals surface area contributed by atoms with Gasteiger partial charge in [0.15, 0.2) is 0 Å². The number of urea groups is 1. The predicted molar refractivity (Wildman–Crippen MR) is 88.4 cm³/mol. The largest absolute Gasteiger partial charge is 0.323 e. The number of non-ortho nitro benzene ring substituents is 1. The highest BCUT2D eigenvalue weighted by Gasteiger charge is 2.05. The summed E-state index contributed by atoms with van der Waals surface area (Å²) in [6.45, 7) is 0. The number of anilines is 1. The summed E-state index contributed by atoms with van der Waals surface area (Å²) < 4.78 is 0.980. The molecule has 0 atom stereocenters. The maximum atomic E-state index is 11.7. The number of hydrogen-bond acceptors (Lipinski definition) is 3. The van der Waals surface area contributed by atoms with Gasteiger partial charge in [-0.15, -0.1) is 0 Å². The van der Waals surface area contributed by atoms with E-state index in [9.17, 15) is 14.9 Å². The lowest BCUT2D eigenvalue weighted by atomic mass is 10.2. The van der Waals surface area contributed by atoms with Crippen molar-refractivity contribution < 1.29 is 9.72 Å². The minimum Gasteiger partial charge on any atom is -0.314 e. The molecule has 0 fully saturated rings. The topological polar surface area (TPSA) is 84.3 Å². The van der Waals surface area contributed by atoms with Gasteiger partial charge < -0.3 is 10.6 Å². The number of hydrogen-bond donors (Lipinski definition) is 2. The molecule has 112 valence electrons.